The summed E-state index contributed by atoms with van der Waals surface area (Å²) in [5.41, 5.74) is 2.47. The molecule has 0 heterocycles. The molecule has 0 bridgehead atoms. The summed E-state index contributed by atoms with van der Waals surface area (Å²) >= 11 is 6.53. The highest BCUT2D eigenvalue weighted by Crippen LogP contribution is 2.78. The van der Waals surface area contributed by atoms with E-state index in [9.17, 15) is 19.5 Å². The molecule has 0 radical (unpaired) electrons. The summed E-state index contributed by atoms with van der Waals surface area (Å²) in [6, 6.07) is 6.04. The van der Waals surface area contributed by atoms with E-state index in [1.807, 2.05) is 19.1 Å². The zero-order chi connectivity index (χ0) is 38.2. The predicted octanol–water partition coefficient (Wildman–Crippen LogP) is 10.7. The van der Waals surface area contributed by atoms with Gasteiger partial charge in [-0.25, -0.2) is 0 Å². The summed E-state index contributed by atoms with van der Waals surface area (Å²) in [5.74, 6) is 1.22. The van der Waals surface area contributed by atoms with Gasteiger partial charge in [0.1, 0.15) is 6.10 Å². The van der Waals surface area contributed by atoms with Crippen LogP contribution in [0.25, 0.3) is 0 Å². The number of fused-ring (bicyclic) bond motifs is 7. The summed E-state index contributed by atoms with van der Waals surface area (Å²) in [4.78, 5) is 38.7. The summed E-state index contributed by atoms with van der Waals surface area (Å²) in [6.45, 7) is 24.9. The maximum Gasteiger partial charge on any atom is 0.309 e. The summed E-state index contributed by atoms with van der Waals surface area (Å²) in [5, 5.41) is 13.6. The van der Waals surface area contributed by atoms with E-state index in [4.69, 9.17) is 16.3 Å². The number of rotatable bonds is 9. The smallest absolute Gasteiger partial charge is 0.309 e. The lowest BCUT2D eigenvalue weighted by molar-refractivity contribution is -0.250. The van der Waals surface area contributed by atoms with E-state index >= 15 is 0 Å². The van der Waals surface area contributed by atoms with E-state index in [0.29, 0.717) is 47.6 Å². The van der Waals surface area contributed by atoms with Gasteiger partial charge in [-0.15, -0.1) is 0 Å². The van der Waals surface area contributed by atoms with Gasteiger partial charge >= 0.3 is 11.9 Å². The minimum Gasteiger partial charge on any atom is -0.481 e. The van der Waals surface area contributed by atoms with Crippen molar-refractivity contribution in [3.63, 3.8) is 0 Å². The first-order chi connectivity index (χ1) is 24.1. The van der Waals surface area contributed by atoms with Gasteiger partial charge in [-0.1, -0.05) is 70.5 Å². The Morgan fingerprint density at radius 3 is 2.31 bits per heavy atom. The lowest BCUT2D eigenvalue weighted by Gasteiger charge is -2.73. The number of esters is 1. The molecule has 0 unspecified atom stereocenters. The van der Waals surface area contributed by atoms with Crippen molar-refractivity contribution in [3.05, 3.63) is 46.5 Å². The van der Waals surface area contributed by atoms with Crippen LogP contribution < -0.4 is 5.32 Å². The van der Waals surface area contributed by atoms with E-state index in [1.165, 1.54) is 18.4 Å². The second kappa shape index (κ2) is 13.4. The van der Waals surface area contributed by atoms with Crippen molar-refractivity contribution in [3.8, 4) is 0 Å². The molecule has 6 rings (SSSR count). The molecule has 1 amide bonds. The van der Waals surface area contributed by atoms with Gasteiger partial charge in [-0.05, 0) is 160 Å². The fourth-order valence-electron chi connectivity index (χ4n) is 13.8. The maximum absolute atomic E-state index is 13.8. The topological polar surface area (TPSA) is 92.7 Å². The monoisotopic (exact) mass is 735 g/mol. The quantitative estimate of drug-likeness (QED) is 0.195. The highest BCUT2D eigenvalue weighted by Gasteiger charge is 2.71. The first kappa shape index (κ1) is 39.4. The number of allylic oxidation sites excluding steroid dienone is 1. The minimum absolute atomic E-state index is 0.00161. The molecule has 5 aliphatic rings. The number of hydrogen-bond donors (Lipinski definition) is 2. The molecule has 2 N–H and O–H groups in total. The molecule has 52 heavy (non-hydrogen) atoms. The number of aliphatic carboxylic acids is 1. The Bertz CT molecular complexity index is 1620. The van der Waals surface area contributed by atoms with Crippen LogP contribution in [0.3, 0.4) is 0 Å². The third-order valence-corrected chi connectivity index (χ3v) is 17.2. The predicted molar refractivity (Wildman–Crippen MR) is 208 cm³/mol. The Hall–Kier alpha value is -2.34. The summed E-state index contributed by atoms with van der Waals surface area (Å²) in [6.07, 6.45) is 11.2. The van der Waals surface area contributed by atoms with Gasteiger partial charge < -0.3 is 15.2 Å². The number of nitrogens with one attached hydrogen (secondary N) is 1. The molecule has 288 valence electrons. The van der Waals surface area contributed by atoms with Gasteiger partial charge in [-0.2, -0.15) is 0 Å². The minimum atomic E-state index is -1.15. The van der Waals surface area contributed by atoms with Crippen LogP contribution in [-0.2, 0) is 25.7 Å². The van der Waals surface area contributed by atoms with Crippen LogP contribution in [0, 0.1) is 69.0 Å². The fourth-order valence-corrected chi connectivity index (χ4v) is 14.1. The number of carboxylic acids is 1. The lowest BCUT2D eigenvalue weighted by atomic mass is 9.32. The highest BCUT2D eigenvalue weighted by molar-refractivity contribution is 6.31. The second-order valence-electron chi connectivity index (χ2n) is 20.3. The molecule has 10 atom stereocenters. The molecule has 6 nitrogen and oxygen atoms in total. The number of halogens is 1. The standard InChI is InChI=1S/C45H66ClNO5/c1-27(2)30-15-20-45(24-36(48)47-26-29-12-11-28(3)23-32(29)46)22-21-43(9)31(38(30)45)13-14-34-42(8)18-17-35(52-37(49)25-40(4,5)39(50)51)41(6,7)33(42)16-19-44(34,43)10/h11-12,23,30-31,33-35,38H,1,13-22,24-26H2,2-10H3,(H,47,48)(H,50,51)/t30-,31+,33-,34+,35-,38+,42-,43+,44+,45+/m0/s1. The number of aryl methyl sites for hydroxylation is 1. The summed E-state index contributed by atoms with van der Waals surface area (Å²) in [7, 11) is 0. The lowest BCUT2D eigenvalue weighted by Crippen LogP contribution is -2.67. The van der Waals surface area contributed by atoms with E-state index in [2.05, 4.69) is 59.5 Å². The van der Waals surface area contributed by atoms with Crippen molar-refractivity contribution >= 4 is 29.4 Å². The summed E-state index contributed by atoms with van der Waals surface area (Å²) < 4.78 is 6.18. The van der Waals surface area contributed by atoms with Crippen LogP contribution in [-0.4, -0.2) is 29.1 Å². The Labute approximate surface area is 318 Å². The van der Waals surface area contributed by atoms with Gasteiger partial charge in [-0.3, -0.25) is 14.4 Å². The molecule has 5 aliphatic carbocycles. The van der Waals surface area contributed by atoms with Crippen molar-refractivity contribution in [2.24, 2.45) is 62.1 Å². The van der Waals surface area contributed by atoms with Gasteiger partial charge in [0.25, 0.3) is 0 Å². The number of carboxylic acid groups (broad SMARTS) is 1. The molecule has 0 spiro atoms. The van der Waals surface area contributed by atoms with Gasteiger partial charge in [0.15, 0.2) is 0 Å². The first-order valence-electron chi connectivity index (χ1n) is 20.2. The molecule has 0 aromatic heterocycles. The van der Waals surface area contributed by atoms with Crippen molar-refractivity contribution in [1.29, 1.82) is 0 Å². The number of amides is 1. The van der Waals surface area contributed by atoms with Crippen LogP contribution in [0.1, 0.15) is 144 Å². The largest absolute Gasteiger partial charge is 0.481 e. The van der Waals surface area contributed by atoms with Gasteiger partial charge in [0.05, 0.1) is 11.8 Å². The van der Waals surface area contributed by atoms with E-state index in [0.717, 1.165) is 62.5 Å². The van der Waals surface area contributed by atoms with Crippen LogP contribution in [0.4, 0.5) is 0 Å². The van der Waals surface area contributed by atoms with E-state index in [1.54, 1.807) is 13.8 Å². The van der Waals surface area contributed by atoms with Crippen LogP contribution in [0.2, 0.25) is 5.02 Å². The zero-order valence-electron chi connectivity index (χ0n) is 33.6. The average molecular weight is 736 g/mol. The molecular formula is C45H66ClNO5. The molecule has 1 aromatic rings. The van der Waals surface area contributed by atoms with Gasteiger partial charge in [0.2, 0.25) is 5.91 Å². The van der Waals surface area contributed by atoms with Gasteiger partial charge in [0, 0.05) is 23.4 Å². The molecule has 5 saturated carbocycles. The SMILES string of the molecule is C=C(C)[C@@H]1CC[C@]2(CC(=O)NCc3ccc(C)cc3Cl)CC[C@]3(C)[C@H](CC[C@@H]4[C@@]5(C)CC[C@H](OC(=O)CC(C)(C)C(=O)O)C(C)(C)[C@@H]5CC[C@]43C)[C@@H]12. The fraction of sp³-hybridized carbons (Fsp3) is 0.756. The zero-order valence-corrected chi connectivity index (χ0v) is 34.3. The molecule has 5 fully saturated rings. The third kappa shape index (κ3) is 6.27. The Kier molecular flexibility index (Phi) is 10.2. The van der Waals surface area contributed by atoms with Crippen LogP contribution >= 0.6 is 11.6 Å². The van der Waals surface area contributed by atoms with Crippen LogP contribution in [0.15, 0.2) is 30.4 Å². The van der Waals surface area contributed by atoms with Crippen molar-refractivity contribution in [1.82, 2.24) is 5.32 Å². The molecule has 7 heteroatoms. The van der Waals surface area contributed by atoms with Crippen molar-refractivity contribution in [2.75, 3.05) is 0 Å². The van der Waals surface area contributed by atoms with E-state index < -0.39 is 17.4 Å². The Balaban J connectivity index is 1.22. The Morgan fingerprint density at radius 1 is 0.942 bits per heavy atom. The highest BCUT2D eigenvalue weighted by atomic mass is 35.5. The Morgan fingerprint density at radius 2 is 1.65 bits per heavy atom. The van der Waals surface area contributed by atoms with Crippen LogP contribution in [0.5, 0.6) is 0 Å². The molecule has 1 aromatic carbocycles. The maximum atomic E-state index is 13.8. The number of ether oxygens (including phenoxy) is 1. The number of carbonyl (C=O) groups excluding carboxylic acids is 2. The molecule has 0 saturated heterocycles. The van der Waals surface area contributed by atoms with E-state index in [-0.39, 0.29) is 45.5 Å². The number of benzene rings is 1. The second-order valence-corrected chi connectivity index (χ2v) is 20.7. The average Bonchev–Trinajstić information content (AvgIpc) is 3.41. The van der Waals surface area contributed by atoms with Crippen molar-refractivity contribution in [2.45, 2.75) is 152 Å². The third-order valence-electron chi connectivity index (χ3n) is 16.8. The molecule has 0 aliphatic heterocycles. The normalized spacial score (nSPS) is 39.3. The van der Waals surface area contributed by atoms with Crippen molar-refractivity contribution < 1.29 is 24.2 Å². The molecular weight excluding hydrogens is 670 g/mol. The number of carbonyl (C=O) groups is 3. The number of hydrogen-bond acceptors (Lipinski definition) is 4. The first-order valence-corrected chi connectivity index (χ1v) is 20.6.